The highest BCUT2D eigenvalue weighted by Gasteiger charge is 2.17. The summed E-state index contributed by atoms with van der Waals surface area (Å²) < 4.78 is 5.81. The fourth-order valence-corrected chi connectivity index (χ4v) is 3.77. The van der Waals surface area contributed by atoms with Gasteiger partial charge in [0.1, 0.15) is 5.75 Å². The molecule has 26 heavy (non-hydrogen) atoms. The molecule has 1 N–H and O–H groups in total. The first-order valence-corrected chi connectivity index (χ1v) is 10.4. The van der Waals surface area contributed by atoms with Gasteiger partial charge in [0.05, 0.1) is 0 Å². The quantitative estimate of drug-likeness (QED) is 0.552. The van der Waals surface area contributed by atoms with Crippen LogP contribution in [0.15, 0.2) is 42.5 Å². The zero-order valence-corrected chi connectivity index (χ0v) is 17.3. The first-order chi connectivity index (χ1) is 12.5. The number of halogens is 2. The van der Waals surface area contributed by atoms with Crippen LogP contribution in [-0.2, 0) is 10.5 Å². The number of aryl methyl sites for hydroxylation is 1. The molecular weight excluding hydrogens is 389 g/mol. The summed E-state index contributed by atoms with van der Waals surface area (Å²) in [5.41, 5.74) is 2.15. The number of amides is 1. The van der Waals surface area contributed by atoms with Gasteiger partial charge in [0.15, 0.2) is 6.10 Å². The Labute approximate surface area is 169 Å². The third-order valence-corrected chi connectivity index (χ3v) is 5.34. The number of thioether (sulfide) groups is 1. The first kappa shape index (κ1) is 20.9. The van der Waals surface area contributed by atoms with Gasteiger partial charge in [0, 0.05) is 28.1 Å². The minimum atomic E-state index is -0.479. The molecule has 2 aromatic rings. The van der Waals surface area contributed by atoms with E-state index in [9.17, 15) is 4.79 Å². The molecule has 2 rings (SSSR count). The second kappa shape index (κ2) is 10.7. The van der Waals surface area contributed by atoms with Gasteiger partial charge in [-0.05, 0) is 48.7 Å². The van der Waals surface area contributed by atoms with Gasteiger partial charge in [0.2, 0.25) is 0 Å². The van der Waals surface area contributed by atoms with Crippen molar-refractivity contribution in [3.05, 3.63) is 63.6 Å². The molecule has 0 heterocycles. The third-order valence-electron chi connectivity index (χ3n) is 3.75. The van der Waals surface area contributed by atoms with Crippen molar-refractivity contribution in [1.29, 1.82) is 0 Å². The summed E-state index contributed by atoms with van der Waals surface area (Å²) >= 11 is 13.8. The Morgan fingerprint density at radius 3 is 2.73 bits per heavy atom. The van der Waals surface area contributed by atoms with E-state index in [1.54, 1.807) is 17.8 Å². The van der Waals surface area contributed by atoms with Crippen molar-refractivity contribution in [1.82, 2.24) is 5.32 Å². The second-order valence-corrected chi connectivity index (χ2v) is 7.86. The number of ether oxygens (including phenoxy) is 1. The summed E-state index contributed by atoms with van der Waals surface area (Å²) in [6.45, 7) is 4.53. The Kier molecular flexibility index (Phi) is 8.63. The van der Waals surface area contributed by atoms with Crippen LogP contribution in [-0.4, -0.2) is 24.3 Å². The van der Waals surface area contributed by atoms with Gasteiger partial charge in [0.25, 0.3) is 5.91 Å². The summed E-state index contributed by atoms with van der Waals surface area (Å²) in [4.78, 5) is 12.3. The summed E-state index contributed by atoms with van der Waals surface area (Å²) in [5.74, 6) is 2.21. The lowest BCUT2D eigenvalue weighted by atomic mass is 10.2. The molecule has 1 amide bonds. The molecule has 0 radical (unpaired) electrons. The van der Waals surface area contributed by atoms with Crippen molar-refractivity contribution in [2.75, 3.05) is 12.3 Å². The van der Waals surface area contributed by atoms with Crippen molar-refractivity contribution < 1.29 is 9.53 Å². The lowest BCUT2D eigenvalue weighted by Gasteiger charge is -2.17. The lowest BCUT2D eigenvalue weighted by molar-refractivity contribution is -0.127. The van der Waals surface area contributed by atoms with E-state index in [1.165, 1.54) is 0 Å². The molecule has 3 nitrogen and oxygen atoms in total. The largest absolute Gasteiger partial charge is 0.481 e. The fourth-order valence-electron chi connectivity index (χ4n) is 2.36. The highest BCUT2D eigenvalue weighted by atomic mass is 35.5. The SMILES string of the molecule is CC[C@H](Oc1cccc(C)c1)C(=O)NCCSCc1ccc(Cl)cc1Cl. The average molecular weight is 412 g/mol. The van der Waals surface area contributed by atoms with E-state index in [0.29, 0.717) is 23.0 Å². The maximum atomic E-state index is 12.3. The predicted molar refractivity (Wildman–Crippen MR) is 112 cm³/mol. The van der Waals surface area contributed by atoms with Crippen LogP contribution in [0.2, 0.25) is 10.0 Å². The lowest BCUT2D eigenvalue weighted by Crippen LogP contribution is -2.39. The molecule has 0 bridgehead atoms. The number of benzene rings is 2. The molecule has 0 aliphatic heterocycles. The molecule has 2 aromatic carbocycles. The summed E-state index contributed by atoms with van der Waals surface area (Å²) in [6.07, 6.45) is 0.139. The Bertz CT molecular complexity index is 740. The number of carbonyl (C=O) groups excluding carboxylic acids is 1. The van der Waals surface area contributed by atoms with Crippen molar-refractivity contribution in [2.24, 2.45) is 0 Å². The van der Waals surface area contributed by atoms with E-state index in [0.717, 1.165) is 28.4 Å². The second-order valence-electron chi connectivity index (χ2n) is 5.91. The Hall–Kier alpha value is -1.36. The standard InChI is InChI=1S/C20H23Cl2NO2S/c1-3-19(25-17-6-4-5-14(2)11-17)20(24)23-9-10-26-13-15-7-8-16(21)12-18(15)22/h4-8,11-12,19H,3,9-10,13H2,1-2H3,(H,23,24)/t19-/m0/s1. The van der Waals surface area contributed by atoms with E-state index in [2.05, 4.69) is 5.32 Å². The van der Waals surface area contributed by atoms with Gasteiger partial charge < -0.3 is 10.1 Å². The van der Waals surface area contributed by atoms with Crippen LogP contribution in [0.1, 0.15) is 24.5 Å². The molecule has 1 atom stereocenters. The van der Waals surface area contributed by atoms with Crippen LogP contribution in [0.5, 0.6) is 5.75 Å². The summed E-state index contributed by atoms with van der Waals surface area (Å²) in [6, 6.07) is 13.2. The van der Waals surface area contributed by atoms with Gasteiger partial charge in [-0.1, -0.05) is 48.3 Å². The zero-order valence-electron chi connectivity index (χ0n) is 14.9. The first-order valence-electron chi connectivity index (χ1n) is 8.52. The van der Waals surface area contributed by atoms with E-state index >= 15 is 0 Å². The Morgan fingerprint density at radius 1 is 1.23 bits per heavy atom. The molecule has 0 aromatic heterocycles. The van der Waals surface area contributed by atoms with Crippen LogP contribution in [0.3, 0.4) is 0 Å². The number of nitrogens with one attached hydrogen (secondary N) is 1. The molecular formula is C20H23Cl2NO2S. The zero-order chi connectivity index (χ0) is 18.9. The van der Waals surface area contributed by atoms with Crippen LogP contribution < -0.4 is 10.1 Å². The normalized spacial score (nSPS) is 11.8. The van der Waals surface area contributed by atoms with Gasteiger partial charge in [-0.25, -0.2) is 0 Å². The molecule has 0 unspecified atom stereocenters. The van der Waals surface area contributed by atoms with Crippen molar-refractivity contribution >= 4 is 40.9 Å². The van der Waals surface area contributed by atoms with Crippen molar-refractivity contribution in [2.45, 2.75) is 32.1 Å². The van der Waals surface area contributed by atoms with Gasteiger partial charge in [-0.2, -0.15) is 11.8 Å². The highest BCUT2D eigenvalue weighted by Crippen LogP contribution is 2.24. The molecule has 0 saturated heterocycles. The topological polar surface area (TPSA) is 38.3 Å². The Balaban J connectivity index is 1.72. The number of hydrogen-bond acceptors (Lipinski definition) is 3. The van der Waals surface area contributed by atoms with Crippen LogP contribution in [0.4, 0.5) is 0 Å². The molecule has 140 valence electrons. The minimum Gasteiger partial charge on any atom is -0.481 e. The third kappa shape index (κ3) is 6.75. The monoisotopic (exact) mass is 411 g/mol. The van der Waals surface area contributed by atoms with E-state index in [4.69, 9.17) is 27.9 Å². The molecule has 0 saturated carbocycles. The summed E-state index contributed by atoms with van der Waals surface area (Å²) in [7, 11) is 0. The van der Waals surface area contributed by atoms with E-state index in [1.807, 2.05) is 50.2 Å². The number of hydrogen-bond donors (Lipinski definition) is 1. The van der Waals surface area contributed by atoms with Gasteiger partial charge >= 0.3 is 0 Å². The molecule has 0 aliphatic carbocycles. The fraction of sp³-hybridized carbons (Fsp3) is 0.350. The highest BCUT2D eigenvalue weighted by molar-refractivity contribution is 7.98. The van der Waals surface area contributed by atoms with Gasteiger partial charge in [-0.15, -0.1) is 0 Å². The van der Waals surface area contributed by atoms with Crippen LogP contribution in [0, 0.1) is 6.92 Å². The predicted octanol–water partition coefficient (Wildman–Crippen LogP) is 5.51. The molecule has 0 fully saturated rings. The maximum absolute atomic E-state index is 12.3. The molecule has 6 heteroatoms. The molecule has 0 aliphatic rings. The van der Waals surface area contributed by atoms with Crippen LogP contribution in [0.25, 0.3) is 0 Å². The maximum Gasteiger partial charge on any atom is 0.261 e. The van der Waals surface area contributed by atoms with E-state index < -0.39 is 6.10 Å². The summed E-state index contributed by atoms with van der Waals surface area (Å²) in [5, 5.41) is 4.25. The van der Waals surface area contributed by atoms with E-state index in [-0.39, 0.29) is 5.91 Å². The Morgan fingerprint density at radius 2 is 2.04 bits per heavy atom. The minimum absolute atomic E-state index is 0.0841. The number of carbonyl (C=O) groups is 1. The van der Waals surface area contributed by atoms with Gasteiger partial charge in [-0.3, -0.25) is 4.79 Å². The molecule has 0 spiro atoms. The smallest absolute Gasteiger partial charge is 0.261 e. The van der Waals surface area contributed by atoms with Crippen molar-refractivity contribution in [3.63, 3.8) is 0 Å². The number of rotatable bonds is 9. The average Bonchev–Trinajstić information content (AvgIpc) is 2.61. The van der Waals surface area contributed by atoms with Crippen molar-refractivity contribution in [3.8, 4) is 5.75 Å². The van der Waals surface area contributed by atoms with Crippen LogP contribution >= 0.6 is 35.0 Å².